The number of carbonyl (C=O) groups is 2. The molecule has 0 atom stereocenters. The van der Waals surface area contributed by atoms with Gasteiger partial charge in [-0.1, -0.05) is 0 Å². The highest BCUT2D eigenvalue weighted by Crippen LogP contribution is 2.05. The number of alkyl carbamates (subject to hydrolysis) is 1. The van der Waals surface area contributed by atoms with Gasteiger partial charge in [-0.15, -0.1) is 11.6 Å². The molecule has 11 nitrogen and oxygen atoms in total. The number of amides is 2. The van der Waals surface area contributed by atoms with Gasteiger partial charge in [0.2, 0.25) is 5.91 Å². The van der Waals surface area contributed by atoms with Gasteiger partial charge in [0.05, 0.1) is 79.3 Å². The van der Waals surface area contributed by atoms with E-state index >= 15 is 0 Å². The molecule has 0 spiro atoms. The summed E-state index contributed by atoms with van der Waals surface area (Å²) in [6.45, 7) is 11.7. The van der Waals surface area contributed by atoms with Crippen LogP contribution in [-0.4, -0.2) is 116 Å². The maximum atomic E-state index is 11.4. The van der Waals surface area contributed by atoms with E-state index in [0.29, 0.717) is 92.4 Å². The Morgan fingerprint density at radius 1 is 0.606 bits per heavy atom. The zero-order valence-electron chi connectivity index (χ0n) is 20.2. The highest BCUT2D eigenvalue weighted by atomic mass is 35.5. The van der Waals surface area contributed by atoms with E-state index in [1.165, 1.54) is 0 Å². The lowest BCUT2D eigenvalue weighted by molar-refractivity contribution is -0.118. The quantitative estimate of drug-likeness (QED) is 0.165. The van der Waals surface area contributed by atoms with Gasteiger partial charge in [-0.2, -0.15) is 0 Å². The fourth-order valence-corrected chi connectivity index (χ4v) is 2.15. The standard InChI is InChI=1S/C21H41ClN2O9/c1-21(2,3)33-20(26)24-5-7-28-9-11-30-13-15-32-17-16-31-14-12-29-10-8-27-6-4-23-19(25)18-22/h4-18H2,1-3H3,(H,23,25)(H,24,26). The van der Waals surface area contributed by atoms with Crippen molar-refractivity contribution in [1.82, 2.24) is 10.6 Å². The Morgan fingerprint density at radius 3 is 1.27 bits per heavy atom. The van der Waals surface area contributed by atoms with Crippen LogP contribution in [0.5, 0.6) is 0 Å². The van der Waals surface area contributed by atoms with E-state index in [9.17, 15) is 9.59 Å². The van der Waals surface area contributed by atoms with Gasteiger partial charge in [0.15, 0.2) is 0 Å². The monoisotopic (exact) mass is 500 g/mol. The lowest BCUT2D eigenvalue weighted by Gasteiger charge is -2.19. The topological polar surface area (TPSA) is 123 Å². The molecule has 0 aromatic heterocycles. The zero-order chi connectivity index (χ0) is 24.6. The summed E-state index contributed by atoms with van der Waals surface area (Å²) in [5.74, 6) is -0.255. The van der Waals surface area contributed by atoms with Crippen LogP contribution in [0.4, 0.5) is 4.79 Å². The third-order valence-corrected chi connectivity index (χ3v) is 3.71. The molecule has 0 radical (unpaired) electrons. The average molecular weight is 501 g/mol. The Bertz CT molecular complexity index is 479. The minimum Gasteiger partial charge on any atom is -0.444 e. The first kappa shape index (κ1) is 31.8. The van der Waals surface area contributed by atoms with E-state index in [2.05, 4.69) is 10.6 Å². The molecule has 0 bridgehead atoms. The van der Waals surface area contributed by atoms with Crippen LogP contribution in [0.3, 0.4) is 0 Å². The highest BCUT2D eigenvalue weighted by Gasteiger charge is 2.15. The third kappa shape index (κ3) is 26.9. The molecule has 0 rings (SSSR count). The number of hydrogen-bond acceptors (Lipinski definition) is 9. The molecule has 0 aliphatic carbocycles. The minimum atomic E-state index is -0.509. The first-order valence-electron chi connectivity index (χ1n) is 11.1. The molecule has 0 fully saturated rings. The second kappa shape index (κ2) is 22.6. The largest absolute Gasteiger partial charge is 0.444 e. The Morgan fingerprint density at radius 2 is 0.939 bits per heavy atom. The third-order valence-electron chi connectivity index (χ3n) is 3.46. The minimum absolute atomic E-state index is 0.0451. The van der Waals surface area contributed by atoms with Crippen molar-refractivity contribution in [2.75, 3.05) is 98.3 Å². The van der Waals surface area contributed by atoms with Crippen molar-refractivity contribution in [3.63, 3.8) is 0 Å². The Kier molecular flexibility index (Phi) is 21.7. The summed E-state index contributed by atoms with van der Waals surface area (Å²) < 4.78 is 37.3. The predicted molar refractivity (Wildman–Crippen MR) is 123 cm³/mol. The lowest BCUT2D eigenvalue weighted by Crippen LogP contribution is -2.34. The normalized spacial score (nSPS) is 11.4. The van der Waals surface area contributed by atoms with Crippen molar-refractivity contribution in [1.29, 1.82) is 0 Å². The van der Waals surface area contributed by atoms with Crippen LogP contribution in [-0.2, 0) is 38.0 Å². The van der Waals surface area contributed by atoms with E-state index in [0.717, 1.165) is 0 Å². The lowest BCUT2D eigenvalue weighted by atomic mass is 10.2. The van der Waals surface area contributed by atoms with Crippen LogP contribution < -0.4 is 10.6 Å². The molecule has 2 N–H and O–H groups in total. The fourth-order valence-electron chi connectivity index (χ4n) is 2.05. The molecular weight excluding hydrogens is 460 g/mol. The van der Waals surface area contributed by atoms with E-state index in [1.54, 1.807) is 0 Å². The summed E-state index contributed by atoms with van der Waals surface area (Å²) >= 11 is 5.35. The summed E-state index contributed by atoms with van der Waals surface area (Å²) in [6, 6.07) is 0. The molecule has 0 saturated heterocycles. The van der Waals surface area contributed by atoms with Gasteiger partial charge in [-0.05, 0) is 20.8 Å². The Labute approximate surface area is 202 Å². The van der Waals surface area contributed by atoms with Crippen molar-refractivity contribution in [3.8, 4) is 0 Å². The van der Waals surface area contributed by atoms with Gasteiger partial charge in [-0.25, -0.2) is 4.79 Å². The second-order valence-corrected chi connectivity index (χ2v) is 7.85. The van der Waals surface area contributed by atoms with Crippen molar-refractivity contribution in [2.24, 2.45) is 0 Å². The van der Waals surface area contributed by atoms with Gasteiger partial charge in [0.1, 0.15) is 11.5 Å². The van der Waals surface area contributed by atoms with Crippen molar-refractivity contribution < 1.29 is 42.7 Å². The van der Waals surface area contributed by atoms with Crippen LogP contribution in [0.2, 0.25) is 0 Å². The first-order chi connectivity index (χ1) is 15.8. The predicted octanol–water partition coefficient (Wildman–Crippen LogP) is 0.966. The van der Waals surface area contributed by atoms with Crippen LogP contribution in [0.1, 0.15) is 20.8 Å². The van der Waals surface area contributed by atoms with Crippen molar-refractivity contribution in [2.45, 2.75) is 26.4 Å². The van der Waals surface area contributed by atoms with E-state index in [-0.39, 0.29) is 11.8 Å². The number of nitrogens with one attached hydrogen (secondary N) is 2. The van der Waals surface area contributed by atoms with Gasteiger partial charge in [0, 0.05) is 13.1 Å². The number of halogens is 1. The van der Waals surface area contributed by atoms with Crippen LogP contribution in [0.25, 0.3) is 0 Å². The molecule has 0 aromatic rings. The Balaban J connectivity index is 3.13. The molecule has 0 aliphatic heterocycles. The Hall–Kier alpha value is -1.21. The molecule has 0 saturated carbocycles. The maximum absolute atomic E-state index is 11.4. The summed E-state index contributed by atoms with van der Waals surface area (Å²) in [7, 11) is 0. The molecular formula is C21H41ClN2O9. The zero-order valence-corrected chi connectivity index (χ0v) is 20.9. The number of rotatable bonds is 22. The molecule has 2 amide bonds. The summed E-state index contributed by atoms with van der Waals surface area (Å²) in [4.78, 5) is 22.3. The van der Waals surface area contributed by atoms with Crippen LogP contribution >= 0.6 is 11.6 Å². The van der Waals surface area contributed by atoms with Gasteiger partial charge in [0.25, 0.3) is 0 Å². The van der Waals surface area contributed by atoms with E-state index in [4.69, 9.17) is 44.8 Å². The van der Waals surface area contributed by atoms with Gasteiger partial charge < -0.3 is 43.8 Å². The maximum Gasteiger partial charge on any atom is 0.407 e. The van der Waals surface area contributed by atoms with Crippen LogP contribution in [0, 0.1) is 0 Å². The number of carbonyl (C=O) groups excluding carboxylic acids is 2. The first-order valence-corrected chi connectivity index (χ1v) is 11.6. The van der Waals surface area contributed by atoms with Gasteiger partial charge in [-0.3, -0.25) is 4.79 Å². The molecule has 0 unspecified atom stereocenters. The average Bonchev–Trinajstić information content (AvgIpc) is 2.75. The second-order valence-electron chi connectivity index (χ2n) is 7.59. The summed E-state index contributed by atoms with van der Waals surface area (Å²) in [5.41, 5.74) is -0.509. The highest BCUT2D eigenvalue weighted by molar-refractivity contribution is 6.27. The summed E-state index contributed by atoms with van der Waals surface area (Å²) in [6.07, 6.45) is -0.454. The number of hydrogen-bond donors (Lipinski definition) is 2. The molecule has 0 aliphatic rings. The summed E-state index contributed by atoms with van der Waals surface area (Å²) in [5, 5.41) is 5.22. The van der Waals surface area contributed by atoms with Crippen molar-refractivity contribution >= 4 is 23.6 Å². The SMILES string of the molecule is CC(C)(C)OC(=O)NCCOCCOCCOCCOCCOCCOCCNC(=O)CCl. The molecule has 33 heavy (non-hydrogen) atoms. The number of ether oxygens (including phenoxy) is 7. The molecule has 196 valence electrons. The molecule has 12 heteroatoms. The smallest absolute Gasteiger partial charge is 0.407 e. The fraction of sp³-hybridized carbons (Fsp3) is 0.905. The molecule has 0 aromatic carbocycles. The van der Waals surface area contributed by atoms with Crippen molar-refractivity contribution in [3.05, 3.63) is 0 Å². The van der Waals surface area contributed by atoms with Gasteiger partial charge >= 0.3 is 6.09 Å². The van der Waals surface area contributed by atoms with Crippen LogP contribution in [0.15, 0.2) is 0 Å². The van der Waals surface area contributed by atoms with E-state index in [1.807, 2.05) is 20.8 Å². The molecule has 0 heterocycles. The number of alkyl halides is 1. The van der Waals surface area contributed by atoms with E-state index < -0.39 is 11.7 Å².